The van der Waals surface area contributed by atoms with Gasteiger partial charge in [0, 0.05) is 25.1 Å². The van der Waals surface area contributed by atoms with E-state index in [1.54, 1.807) is 13.3 Å². The van der Waals surface area contributed by atoms with E-state index in [0.717, 1.165) is 34.3 Å². The molecule has 0 bridgehead atoms. The van der Waals surface area contributed by atoms with Crippen molar-refractivity contribution in [1.29, 1.82) is 0 Å². The maximum Gasteiger partial charge on any atom is 0.139 e. The van der Waals surface area contributed by atoms with Crippen molar-refractivity contribution in [2.24, 2.45) is 0 Å². The van der Waals surface area contributed by atoms with E-state index in [2.05, 4.69) is 19.9 Å². The number of fused-ring (bicyclic) bond motifs is 3. The van der Waals surface area contributed by atoms with E-state index in [0.29, 0.717) is 46.2 Å². The molecule has 0 unspecified atom stereocenters. The SMILES string of the molecule is COCCOCCOCCOCCc1nc2c(cnc3[nH]ccc32)[nH]1. The summed E-state index contributed by atoms with van der Waals surface area (Å²) < 4.78 is 21.2. The van der Waals surface area contributed by atoms with Gasteiger partial charge in [0.05, 0.1) is 58.0 Å². The number of methoxy groups -OCH3 is 1. The van der Waals surface area contributed by atoms with E-state index < -0.39 is 0 Å². The number of ether oxygens (including phenoxy) is 4. The first-order chi connectivity index (χ1) is 12.4. The van der Waals surface area contributed by atoms with Crippen molar-refractivity contribution in [2.75, 3.05) is 53.4 Å². The smallest absolute Gasteiger partial charge is 0.139 e. The van der Waals surface area contributed by atoms with Crippen LogP contribution < -0.4 is 0 Å². The highest BCUT2D eigenvalue weighted by atomic mass is 16.6. The average Bonchev–Trinajstić information content (AvgIpc) is 3.25. The van der Waals surface area contributed by atoms with Crippen LogP contribution in [0.25, 0.3) is 22.1 Å². The first kappa shape index (κ1) is 17.8. The fraction of sp³-hybridized carbons (Fsp3) is 0.529. The van der Waals surface area contributed by atoms with E-state index in [4.69, 9.17) is 18.9 Å². The van der Waals surface area contributed by atoms with Crippen molar-refractivity contribution in [3.63, 3.8) is 0 Å². The van der Waals surface area contributed by atoms with Crippen molar-refractivity contribution in [3.8, 4) is 0 Å². The summed E-state index contributed by atoms with van der Waals surface area (Å²) in [5.41, 5.74) is 2.74. The molecule has 3 aromatic heterocycles. The number of hydrogen-bond donors (Lipinski definition) is 2. The van der Waals surface area contributed by atoms with Gasteiger partial charge in [0.25, 0.3) is 0 Å². The van der Waals surface area contributed by atoms with E-state index >= 15 is 0 Å². The quantitative estimate of drug-likeness (QED) is 0.484. The lowest BCUT2D eigenvalue weighted by molar-refractivity contribution is 0.00395. The number of aromatic amines is 2. The van der Waals surface area contributed by atoms with Crippen LogP contribution in [0, 0.1) is 0 Å². The Kier molecular flexibility index (Phi) is 6.75. The Morgan fingerprint density at radius 2 is 1.68 bits per heavy atom. The molecular formula is C17H24N4O4. The molecule has 3 heterocycles. The topological polar surface area (TPSA) is 94.3 Å². The van der Waals surface area contributed by atoms with Crippen LogP contribution in [0.5, 0.6) is 0 Å². The van der Waals surface area contributed by atoms with Crippen molar-refractivity contribution in [1.82, 2.24) is 19.9 Å². The molecule has 0 radical (unpaired) electrons. The first-order valence-corrected chi connectivity index (χ1v) is 8.41. The van der Waals surface area contributed by atoms with Crippen LogP contribution in [0.2, 0.25) is 0 Å². The average molecular weight is 348 g/mol. The van der Waals surface area contributed by atoms with Crippen LogP contribution in [-0.4, -0.2) is 73.3 Å². The molecular weight excluding hydrogens is 324 g/mol. The Morgan fingerprint density at radius 3 is 2.44 bits per heavy atom. The minimum Gasteiger partial charge on any atom is -0.382 e. The molecule has 0 atom stereocenters. The third kappa shape index (κ3) is 4.99. The van der Waals surface area contributed by atoms with Gasteiger partial charge in [0.15, 0.2) is 0 Å². The second kappa shape index (κ2) is 9.47. The Morgan fingerprint density at radius 1 is 0.960 bits per heavy atom. The summed E-state index contributed by atoms with van der Waals surface area (Å²) in [6.07, 6.45) is 4.39. The maximum atomic E-state index is 5.58. The maximum absolute atomic E-state index is 5.58. The summed E-state index contributed by atoms with van der Waals surface area (Å²) in [5.74, 6) is 0.901. The van der Waals surface area contributed by atoms with Crippen LogP contribution in [0.3, 0.4) is 0 Å². The van der Waals surface area contributed by atoms with E-state index in [1.165, 1.54) is 0 Å². The van der Waals surface area contributed by atoms with Crippen LogP contribution in [0.1, 0.15) is 5.82 Å². The van der Waals surface area contributed by atoms with Crippen molar-refractivity contribution >= 4 is 22.1 Å². The molecule has 0 fully saturated rings. The standard InChI is InChI=1S/C17H24N4O4/c1-22-6-7-24-10-11-25-9-8-23-5-3-15-20-14-12-19-17-13(2-4-18-17)16(14)21-15/h2,4,12H,3,5-11H2,1H3,(H,18,19)(H,20,21). The molecule has 0 amide bonds. The Bertz CT molecular complexity index is 770. The lowest BCUT2D eigenvalue weighted by atomic mass is 10.3. The predicted molar refractivity (Wildman–Crippen MR) is 93.8 cm³/mol. The molecule has 0 spiro atoms. The van der Waals surface area contributed by atoms with Crippen LogP contribution >= 0.6 is 0 Å². The molecule has 0 aliphatic carbocycles. The molecule has 136 valence electrons. The summed E-state index contributed by atoms with van der Waals surface area (Å²) >= 11 is 0. The van der Waals surface area contributed by atoms with Gasteiger partial charge in [-0.2, -0.15) is 0 Å². The minimum absolute atomic E-state index is 0.557. The van der Waals surface area contributed by atoms with Gasteiger partial charge < -0.3 is 28.9 Å². The highest BCUT2D eigenvalue weighted by Crippen LogP contribution is 2.20. The van der Waals surface area contributed by atoms with E-state index in [9.17, 15) is 0 Å². The molecule has 25 heavy (non-hydrogen) atoms. The lowest BCUT2D eigenvalue weighted by Gasteiger charge is -2.06. The highest BCUT2D eigenvalue weighted by molar-refractivity contribution is 6.00. The van der Waals surface area contributed by atoms with E-state index in [1.807, 2.05) is 12.3 Å². The molecule has 0 aliphatic heterocycles. The zero-order valence-corrected chi connectivity index (χ0v) is 14.4. The molecule has 3 rings (SSSR count). The van der Waals surface area contributed by atoms with Gasteiger partial charge in [0.2, 0.25) is 0 Å². The summed E-state index contributed by atoms with van der Waals surface area (Å²) in [6, 6.07) is 1.99. The van der Waals surface area contributed by atoms with Crippen LogP contribution in [-0.2, 0) is 25.4 Å². The van der Waals surface area contributed by atoms with E-state index in [-0.39, 0.29) is 0 Å². The van der Waals surface area contributed by atoms with Crippen LogP contribution in [0.15, 0.2) is 18.5 Å². The van der Waals surface area contributed by atoms with Gasteiger partial charge in [-0.25, -0.2) is 9.97 Å². The minimum atomic E-state index is 0.557. The second-order valence-electron chi connectivity index (χ2n) is 5.52. The third-order valence-corrected chi connectivity index (χ3v) is 3.74. The fourth-order valence-electron chi connectivity index (χ4n) is 2.50. The summed E-state index contributed by atoms with van der Waals surface area (Å²) in [6.45, 7) is 4.05. The summed E-state index contributed by atoms with van der Waals surface area (Å²) in [4.78, 5) is 15.4. The zero-order valence-electron chi connectivity index (χ0n) is 14.4. The van der Waals surface area contributed by atoms with Gasteiger partial charge in [0.1, 0.15) is 17.0 Å². The second-order valence-corrected chi connectivity index (χ2v) is 5.52. The van der Waals surface area contributed by atoms with Gasteiger partial charge in [-0.3, -0.25) is 0 Å². The van der Waals surface area contributed by atoms with Crippen molar-refractivity contribution in [2.45, 2.75) is 6.42 Å². The molecule has 0 saturated carbocycles. The Hall–Kier alpha value is -2.00. The fourth-order valence-corrected chi connectivity index (χ4v) is 2.50. The van der Waals surface area contributed by atoms with Gasteiger partial charge in [-0.15, -0.1) is 0 Å². The number of nitrogens with one attached hydrogen (secondary N) is 2. The number of pyridine rings is 1. The largest absolute Gasteiger partial charge is 0.382 e. The normalized spacial score (nSPS) is 11.7. The highest BCUT2D eigenvalue weighted by Gasteiger charge is 2.08. The molecule has 0 aromatic carbocycles. The molecule has 0 saturated heterocycles. The number of nitrogens with zero attached hydrogens (tertiary/aromatic N) is 2. The van der Waals surface area contributed by atoms with Crippen LogP contribution in [0.4, 0.5) is 0 Å². The Balaban J connectivity index is 1.31. The molecule has 8 nitrogen and oxygen atoms in total. The molecule has 3 aromatic rings. The third-order valence-electron chi connectivity index (χ3n) is 3.74. The van der Waals surface area contributed by atoms with Crippen molar-refractivity contribution < 1.29 is 18.9 Å². The molecule has 0 aliphatic rings. The zero-order chi connectivity index (χ0) is 17.3. The predicted octanol–water partition coefficient (Wildman–Crippen LogP) is 1.68. The number of rotatable bonds is 12. The van der Waals surface area contributed by atoms with Crippen molar-refractivity contribution in [3.05, 3.63) is 24.3 Å². The van der Waals surface area contributed by atoms with Gasteiger partial charge in [-0.1, -0.05) is 0 Å². The number of aromatic nitrogens is 4. The monoisotopic (exact) mass is 348 g/mol. The number of H-pyrrole nitrogens is 2. The summed E-state index contributed by atoms with van der Waals surface area (Å²) in [7, 11) is 1.65. The van der Waals surface area contributed by atoms with Gasteiger partial charge >= 0.3 is 0 Å². The Labute approximate surface area is 145 Å². The number of imidazole rings is 1. The molecule has 2 N–H and O–H groups in total. The summed E-state index contributed by atoms with van der Waals surface area (Å²) in [5, 5.41) is 1.03. The number of hydrogen-bond acceptors (Lipinski definition) is 6. The lowest BCUT2D eigenvalue weighted by Crippen LogP contribution is -2.12. The van der Waals surface area contributed by atoms with Gasteiger partial charge in [-0.05, 0) is 6.07 Å². The first-order valence-electron chi connectivity index (χ1n) is 8.41. The molecule has 8 heteroatoms.